The van der Waals surface area contributed by atoms with Crippen LogP contribution in [0.15, 0.2) is 12.3 Å². The number of hydrogen-bond acceptors (Lipinski definition) is 3. The lowest BCUT2D eigenvalue weighted by Crippen LogP contribution is -2.30. The monoisotopic (exact) mass is 247 g/mol. The summed E-state index contributed by atoms with van der Waals surface area (Å²) in [5.74, 6) is 0.708. The summed E-state index contributed by atoms with van der Waals surface area (Å²) in [4.78, 5) is 4.31. The van der Waals surface area contributed by atoms with E-state index < -0.39 is 0 Å². The van der Waals surface area contributed by atoms with Gasteiger partial charge in [0.25, 0.3) is 0 Å². The van der Waals surface area contributed by atoms with Crippen LogP contribution in [0, 0.1) is 6.92 Å². The predicted octanol–water partition coefficient (Wildman–Crippen LogP) is 2.78. The second-order valence-electron chi connectivity index (χ2n) is 5.90. The first-order chi connectivity index (χ1) is 8.55. The Morgan fingerprint density at radius 3 is 3.06 bits per heavy atom. The molecule has 2 atom stereocenters. The standard InChI is InChI=1S/C15H25N3/c1-4-7-17-12-5-6-15(3,9-12)13-8-11(2)10-18-14(13)16/h8,10,12,17H,4-7,9H2,1-3H3,(H2,16,18). The van der Waals surface area contributed by atoms with E-state index in [1.54, 1.807) is 0 Å². The van der Waals surface area contributed by atoms with Crippen molar-refractivity contribution in [1.29, 1.82) is 0 Å². The molecule has 1 heterocycles. The minimum atomic E-state index is 0.189. The van der Waals surface area contributed by atoms with E-state index in [0.717, 1.165) is 6.54 Å². The zero-order valence-corrected chi connectivity index (χ0v) is 11.8. The van der Waals surface area contributed by atoms with Gasteiger partial charge in [0.1, 0.15) is 5.82 Å². The third-order valence-electron chi connectivity index (χ3n) is 4.13. The Kier molecular flexibility index (Phi) is 3.91. The molecule has 3 nitrogen and oxygen atoms in total. The molecule has 3 heteroatoms. The molecular formula is C15H25N3. The van der Waals surface area contributed by atoms with Crippen LogP contribution in [0.2, 0.25) is 0 Å². The van der Waals surface area contributed by atoms with Gasteiger partial charge in [-0.05, 0) is 50.1 Å². The molecule has 1 aliphatic carbocycles. The van der Waals surface area contributed by atoms with E-state index >= 15 is 0 Å². The summed E-state index contributed by atoms with van der Waals surface area (Å²) in [6.07, 6.45) is 6.65. The van der Waals surface area contributed by atoms with Crippen molar-refractivity contribution in [3.63, 3.8) is 0 Å². The lowest BCUT2D eigenvalue weighted by Gasteiger charge is -2.26. The quantitative estimate of drug-likeness (QED) is 0.860. The molecule has 18 heavy (non-hydrogen) atoms. The maximum Gasteiger partial charge on any atom is 0.127 e. The number of nitrogens with one attached hydrogen (secondary N) is 1. The fraction of sp³-hybridized carbons (Fsp3) is 0.667. The minimum Gasteiger partial charge on any atom is -0.383 e. The molecule has 0 radical (unpaired) electrons. The predicted molar refractivity (Wildman–Crippen MR) is 76.7 cm³/mol. The molecular weight excluding hydrogens is 222 g/mol. The second-order valence-corrected chi connectivity index (χ2v) is 5.90. The van der Waals surface area contributed by atoms with Crippen molar-refractivity contribution in [2.75, 3.05) is 12.3 Å². The van der Waals surface area contributed by atoms with Gasteiger partial charge in [0.15, 0.2) is 0 Å². The third-order valence-corrected chi connectivity index (χ3v) is 4.13. The molecule has 0 bridgehead atoms. The molecule has 1 saturated carbocycles. The van der Waals surface area contributed by atoms with Crippen LogP contribution >= 0.6 is 0 Å². The van der Waals surface area contributed by atoms with Gasteiger partial charge in [-0.1, -0.05) is 19.9 Å². The van der Waals surface area contributed by atoms with Gasteiger partial charge < -0.3 is 11.1 Å². The van der Waals surface area contributed by atoms with Gasteiger partial charge in [-0.25, -0.2) is 4.98 Å². The summed E-state index contributed by atoms with van der Waals surface area (Å²) in [5, 5.41) is 3.63. The SMILES string of the molecule is CCCNC1CCC(C)(c2cc(C)cnc2N)C1. The number of rotatable bonds is 4. The van der Waals surface area contributed by atoms with Gasteiger partial charge in [-0.15, -0.1) is 0 Å². The number of aromatic nitrogens is 1. The molecule has 3 N–H and O–H groups in total. The lowest BCUT2D eigenvalue weighted by molar-refractivity contribution is 0.453. The fourth-order valence-corrected chi connectivity index (χ4v) is 3.07. The first kappa shape index (κ1) is 13.3. The van der Waals surface area contributed by atoms with Gasteiger partial charge in [0.05, 0.1) is 0 Å². The smallest absolute Gasteiger partial charge is 0.127 e. The maximum absolute atomic E-state index is 6.07. The van der Waals surface area contributed by atoms with Crippen molar-refractivity contribution in [2.24, 2.45) is 0 Å². The molecule has 1 aromatic rings. The first-order valence-electron chi connectivity index (χ1n) is 7.01. The Morgan fingerprint density at radius 1 is 1.56 bits per heavy atom. The molecule has 1 fully saturated rings. The van der Waals surface area contributed by atoms with Crippen LogP contribution in [0.25, 0.3) is 0 Å². The van der Waals surface area contributed by atoms with Crippen molar-refractivity contribution in [3.8, 4) is 0 Å². The van der Waals surface area contributed by atoms with Gasteiger partial charge in [-0.3, -0.25) is 0 Å². The highest BCUT2D eigenvalue weighted by Gasteiger charge is 2.37. The Hall–Kier alpha value is -1.09. The van der Waals surface area contributed by atoms with E-state index in [1.807, 2.05) is 6.20 Å². The Bertz CT molecular complexity index is 416. The van der Waals surface area contributed by atoms with E-state index in [1.165, 1.54) is 36.8 Å². The minimum absolute atomic E-state index is 0.189. The number of aryl methyl sites for hydroxylation is 1. The molecule has 0 aliphatic heterocycles. The summed E-state index contributed by atoms with van der Waals surface area (Å²) < 4.78 is 0. The molecule has 0 saturated heterocycles. The van der Waals surface area contributed by atoms with Crippen molar-refractivity contribution in [2.45, 2.75) is 57.9 Å². The van der Waals surface area contributed by atoms with Crippen LogP contribution in [-0.4, -0.2) is 17.6 Å². The van der Waals surface area contributed by atoms with Crippen molar-refractivity contribution in [3.05, 3.63) is 23.4 Å². The van der Waals surface area contributed by atoms with Gasteiger partial charge >= 0.3 is 0 Å². The summed E-state index contributed by atoms with van der Waals surface area (Å²) in [5.41, 5.74) is 8.70. The van der Waals surface area contributed by atoms with Crippen molar-refractivity contribution in [1.82, 2.24) is 10.3 Å². The number of pyridine rings is 1. The number of nitrogen functional groups attached to an aromatic ring is 1. The highest BCUT2D eigenvalue weighted by Crippen LogP contribution is 2.42. The average molecular weight is 247 g/mol. The summed E-state index contributed by atoms with van der Waals surface area (Å²) in [6.45, 7) is 7.74. The molecule has 0 spiro atoms. The Labute approximate surface area is 110 Å². The third kappa shape index (κ3) is 2.66. The highest BCUT2D eigenvalue weighted by atomic mass is 14.9. The molecule has 0 aromatic carbocycles. The van der Waals surface area contributed by atoms with E-state index in [0.29, 0.717) is 11.9 Å². The molecule has 100 valence electrons. The Balaban J connectivity index is 2.15. The molecule has 1 aromatic heterocycles. The van der Waals surface area contributed by atoms with Crippen LogP contribution in [0.5, 0.6) is 0 Å². The van der Waals surface area contributed by atoms with Crippen molar-refractivity contribution < 1.29 is 0 Å². The molecule has 0 amide bonds. The topological polar surface area (TPSA) is 50.9 Å². The van der Waals surface area contributed by atoms with E-state index in [9.17, 15) is 0 Å². The van der Waals surface area contributed by atoms with Crippen molar-refractivity contribution >= 4 is 5.82 Å². The molecule has 1 aliphatic rings. The number of anilines is 1. The van der Waals surface area contributed by atoms with Crippen LogP contribution in [0.1, 0.15) is 50.7 Å². The summed E-state index contributed by atoms with van der Waals surface area (Å²) >= 11 is 0. The van der Waals surface area contributed by atoms with E-state index in [-0.39, 0.29) is 5.41 Å². The zero-order chi connectivity index (χ0) is 13.2. The number of nitrogens with two attached hydrogens (primary N) is 1. The van der Waals surface area contributed by atoms with Crippen LogP contribution in [-0.2, 0) is 5.41 Å². The second kappa shape index (κ2) is 5.27. The number of hydrogen-bond donors (Lipinski definition) is 2. The zero-order valence-electron chi connectivity index (χ0n) is 11.8. The highest BCUT2D eigenvalue weighted by molar-refractivity contribution is 5.46. The lowest BCUT2D eigenvalue weighted by atomic mass is 9.80. The molecule has 2 rings (SSSR count). The molecule has 2 unspecified atom stereocenters. The van der Waals surface area contributed by atoms with Gasteiger partial charge in [0.2, 0.25) is 0 Å². The maximum atomic E-state index is 6.07. The van der Waals surface area contributed by atoms with Crippen LogP contribution < -0.4 is 11.1 Å². The fourth-order valence-electron chi connectivity index (χ4n) is 3.07. The van der Waals surface area contributed by atoms with Gasteiger partial charge in [-0.2, -0.15) is 0 Å². The Morgan fingerprint density at radius 2 is 2.33 bits per heavy atom. The normalized spacial score (nSPS) is 27.6. The average Bonchev–Trinajstić information content (AvgIpc) is 2.73. The van der Waals surface area contributed by atoms with E-state index in [2.05, 4.69) is 37.1 Å². The van der Waals surface area contributed by atoms with Gasteiger partial charge in [0, 0.05) is 17.8 Å². The van der Waals surface area contributed by atoms with Crippen LogP contribution in [0.3, 0.4) is 0 Å². The largest absolute Gasteiger partial charge is 0.383 e. The number of nitrogens with zero attached hydrogens (tertiary/aromatic N) is 1. The summed E-state index contributed by atoms with van der Waals surface area (Å²) in [6, 6.07) is 2.85. The first-order valence-corrected chi connectivity index (χ1v) is 7.01. The summed E-state index contributed by atoms with van der Waals surface area (Å²) in [7, 11) is 0. The van der Waals surface area contributed by atoms with E-state index in [4.69, 9.17) is 5.73 Å². The van der Waals surface area contributed by atoms with Crippen LogP contribution in [0.4, 0.5) is 5.82 Å².